The number of nitrogens with zero attached hydrogens (tertiary/aromatic N) is 2. The summed E-state index contributed by atoms with van der Waals surface area (Å²) < 4.78 is 28.7. The van der Waals surface area contributed by atoms with Gasteiger partial charge in [-0.05, 0) is 61.4 Å². The van der Waals surface area contributed by atoms with E-state index in [0.29, 0.717) is 15.6 Å². The first-order chi connectivity index (χ1) is 18.4. The maximum absolute atomic E-state index is 13.9. The molecule has 0 radical (unpaired) electrons. The summed E-state index contributed by atoms with van der Waals surface area (Å²) in [6.45, 7) is 2.89. The van der Waals surface area contributed by atoms with Crippen molar-refractivity contribution in [1.82, 2.24) is 10.2 Å². The highest BCUT2D eigenvalue weighted by atomic mass is 35.5. The minimum Gasteiger partial charge on any atom is -0.357 e. The Morgan fingerprint density at radius 2 is 1.51 bits per heavy atom. The monoisotopic (exact) mass is 629 g/mol. The van der Waals surface area contributed by atoms with E-state index < -0.39 is 34.4 Å². The summed E-state index contributed by atoms with van der Waals surface area (Å²) >= 11 is 24.8. The normalized spacial score (nSPS) is 12.1. The molecule has 0 aliphatic rings. The quantitative estimate of drug-likeness (QED) is 0.283. The lowest BCUT2D eigenvalue weighted by molar-refractivity contribution is -0.140. The summed E-state index contributed by atoms with van der Waals surface area (Å²) in [4.78, 5) is 28.0. The summed E-state index contributed by atoms with van der Waals surface area (Å²) in [5.74, 6) is -1.04. The van der Waals surface area contributed by atoms with Gasteiger partial charge in [0, 0.05) is 33.7 Å². The van der Waals surface area contributed by atoms with Crippen LogP contribution in [-0.2, 0) is 26.2 Å². The number of anilines is 1. The fraction of sp³-hybridized carbons (Fsp3) is 0.259. The van der Waals surface area contributed by atoms with Gasteiger partial charge in [0.25, 0.3) is 10.0 Å². The highest BCUT2D eigenvalue weighted by Gasteiger charge is 2.34. The van der Waals surface area contributed by atoms with Gasteiger partial charge in [0.2, 0.25) is 11.8 Å². The zero-order chi connectivity index (χ0) is 28.9. The molecule has 12 heteroatoms. The first-order valence-electron chi connectivity index (χ1n) is 11.9. The molecule has 1 unspecified atom stereocenters. The molecule has 0 aliphatic heterocycles. The van der Waals surface area contributed by atoms with E-state index in [1.165, 1.54) is 48.3 Å². The molecule has 0 aromatic heterocycles. The van der Waals surface area contributed by atoms with Gasteiger partial charge in [-0.2, -0.15) is 0 Å². The summed E-state index contributed by atoms with van der Waals surface area (Å²) in [5, 5.41) is 3.66. The fourth-order valence-corrected chi connectivity index (χ4v) is 6.35. The number of amides is 2. The van der Waals surface area contributed by atoms with Crippen LogP contribution in [0.15, 0.2) is 65.6 Å². The van der Waals surface area contributed by atoms with Crippen molar-refractivity contribution >= 4 is 73.9 Å². The second-order valence-corrected chi connectivity index (χ2v) is 12.3. The third-order valence-electron chi connectivity index (χ3n) is 6.01. The Balaban J connectivity index is 2.11. The molecule has 208 valence electrons. The Morgan fingerprint density at radius 3 is 2.05 bits per heavy atom. The standard InChI is InChI=1S/C27H27Cl4N3O4S/c1-4-25(27(36)32-3)33(15-18-7-8-19(28)14-24(18)31)26(35)16-34(22-12-20(29)11-21(30)13-22)39(37,38)23-9-5-17(2)6-10-23/h5-14,25H,4,15-16H2,1-3H3,(H,32,36). The molecule has 0 heterocycles. The van der Waals surface area contributed by atoms with E-state index in [9.17, 15) is 18.0 Å². The maximum atomic E-state index is 13.9. The van der Waals surface area contributed by atoms with Gasteiger partial charge in [0.15, 0.2) is 0 Å². The summed E-state index contributed by atoms with van der Waals surface area (Å²) in [5.41, 5.74) is 1.50. The number of carbonyl (C=O) groups excluding carboxylic acids is 2. The van der Waals surface area contributed by atoms with Crippen LogP contribution in [-0.4, -0.2) is 44.8 Å². The van der Waals surface area contributed by atoms with E-state index in [-0.39, 0.29) is 33.6 Å². The van der Waals surface area contributed by atoms with E-state index in [4.69, 9.17) is 46.4 Å². The second kappa shape index (κ2) is 13.2. The molecule has 1 atom stereocenters. The number of halogens is 4. The summed E-state index contributed by atoms with van der Waals surface area (Å²) in [6, 6.07) is 14.4. The summed E-state index contributed by atoms with van der Waals surface area (Å²) in [7, 11) is -2.79. The van der Waals surface area contributed by atoms with Gasteiger partial charge in [-0.1, -0.05) is 77.1 Å². The van der Waals surface area contributed by atoms with Crippen LogP contribution in [0.5, 0.6) is 0 Å². The van der Waals surface area contributed by atoms with Gasteiger partial charge in [0.1, 0.15) is 12.6 Å². The molecule has 3 rings (SSSR count). The van der Waals surface area contributed by atoms with E-state index >= 15 is 0 Å². The van der Waals surface area contributed by atoms with Crippen LogP contribution in [0.4, 0.5) is 5.69 Å². The van der Waals surface area contributed by atoms with Gasteiger partial charge in [-0.3, -0.25) is 13.9 Å². The van der Waals surface area contributed by atoms with Crippen molar-refractivity contribution in [3.63, 3.8) is 0 Å². The van der Waals surface area contributed by atoms with Crippen LogP contribution < -0.4 is 9.62 Å². The predicted molar refractivity (Wildman–Crippen MR) is 157 cm³/mol. The number of carbonyl (C=O) groups is 2. The molecule has 0 spiro atoms. The largest absolute Gasteiger partial charge is 0.357 e. The fourth-order valence-electron chi connectivity index (χ4n) is 3.97. The van der Waals surface area contributed by atoms with E-state index in [1.807, 2.05) is 6.92 Å². The second-order valence-electron chi connectivity index (χ2n) is 8.75. The molecule has 0 saturated heterocycles. The first kappa shape index (κ1) is 31.0. The Morgan fingerprint density at radius 1 is 0.897 bits per heavy atom. The molecular formula is C27H27Cl4N3O4S. The zero-order valence-electron chi connectivity index (χ0n) is 21.4. The average molecular weight is 631 g/mol. The third-order valence-corrected chi connectivity index (χ3v) is 8.82. The van der Waals surface area contributed by atoms with Gasteiger partial charge < -0.3 is 10.2 Å². The number of likely N-dealkylation sites (N-methyl/N-ethyl adjacent to an activating group) is 1. The van der Waals surface area contributed by atoms with Gasteiger partial charge in [-0.15, -0.1) is 0 Å². The number of nitrogens with one attached hydrogen (secondary N) is 1. The molecule has 0 fully saturated rings. The molecule has 0 bridgehead atoms. The molecule has 3 aromatic rings. The molecule has 0 saturated carbocycles. The molecule has 39 heavy (non-hydrogen) atoms. The molecule has 7 nitrogen and oxygen atoms in total. The van der Waals surface area contributed by atoms with Crippen LogP contribution in [0.2, 0.25) is 20.1 Å². The Kier molecular flexibility index (Phi) is 10.5. The number of rotatable bonds is 10. The number of sulfonamides is 1. The van der Waals surface area contributed by atoms with E-state index in [1.54, 1.807) is 31.2 Å². The lowest BCUT2D eigenvalue weighted by Gasteiger charge is -2.33. The predicted octanol–water partition coefficient (Wildman–Crippen LogP) is 6.36. The smallest absolute Gasteiger partial charge is 0.264 e. The topological polar surface area (TPSA) is 86.8 Å². The zero-order valence-corrected chi connectivity index (χ0v) is 25.3. The molecule has 3 aromatic carbocycles. The highest BCUT2D eigenvalue weighted by Crippen LogP contribution is 2.31. The first-order valence-corrected chi connectivity index (χ1v) is 14.8. The van der Waals surface area contributed by atoms with Gasteiger partial charge in [0.05, 0.1) is 10.6 Å². The number of benzene rings is 3. The SMILES string of the molecule is CCC(C(=O)NC)N(Cc1ccc(Cl)cc1Cl)C(=O)CN(c1cc(Cl)cc(Cl)c1)S(=O)(=O)c1ccc(C)cc1. The number of aryl methyl sites for hydroxylation is 1. The van der Waals surface area contributed by atoms with E-state index in [0.717, 1.165) is 9.87 Å². The van der Waals surface area contributed by atoms with Gasteiger partial charge in [-0.25, -0.2) is 8.42 Å². The maximum Gasteiger partial charge on any atom is 0.264 e. The van der Waals surface area contributed by atoms with Crippen LogP contribution in [0.1, 0.15) is 24.5 Å². The van der Waals surface area contributed by atoms with Crippen LogP contribution in [0.3, 0.4) is 0 Å². The van der Waals surface area contributed by atoms with Crippen LogP contribution in [0, 0.1) is 6.92 Å². The van der Waals surface area contributed by atoms with Crippen molar-refractivity contribution in [3.05, 3.63) is 91.9 Å². The lowest BCUT2D eigenvalue weighted by Crippen LogP contribution is -2.51. The Bertz CT molecular complexity index is 1450. The number of hydrogen-bond donors (Lipinski definition) is 1. The van der Waals surface area contributed by atoms with Crippen LogP contribution in [0.25, 0.3) is 0 Å². The Hall–Kier alpha value is -2.49. The van der Waals surface area contributed by atoms with Crippen molar-refractivity contribution in [2.75, 3.05) is 17.9 Å². The third kappa shape index (κ3) is 7.58. The highest BCUT2D eigenvalue weighted by molar-refractivity contribution is 7.92. The molecule has 0 aliphatic carbocycles. The van der Waals surface area contributed by atoms with Crippen molar-refractivity contribution < 1.29 is 18.0 Å². The van der Waals surface area contributed by atoms with Crippen molar-refractivity contribution in [2.24, 2.45) is 0 Å². The van der Waals surface area contributed by atoms with Crippen molar-refractivity contribution in [1.29, 1.82) is 0 Å². The lowest BCUT2D eigenvalue weighted by atomic mass is 10.1. The van der Waals surface area contributed by atoms with Crippen molar-refractivity contribution in [2.45, 2.75) is 37.8 Å². The minimum absolute atomic E-state index is 0.0253. The van der Waals surface area contributed by atoms with Gasteiger partial charge >= 0.3 is 0 Å². The molecule has 2 amide bonds. The minimum atomic E-state index is -4.25. The molecule has 1 N–H and O–H groups in total. The summed E-state index contributed by atoms with van der Waals surface area (Å²) in [6.07, 6.45) is 0.268. The average Bonchev–Trinajstić information content (AvgIpc) is 2.87. The van der Waals surface area contributed by atoms with Crippen molar-refractivity contribution in [3.8, 4) is 0 Å². The van der Waals surface area contributed by atoms with Crippen LogP contribution >= 0.6 is 46.4 Å². The van der Waals surface area contributed by atoms with E-state index in [2.05, 4.69) is 5.32 Å². The molecular weight excluding hydrogens is 604 g/mol. The number of hydrogen-bond acceptors (Lipinski definition) is 4. The Labute approximate surface area is 248 Å².